The predicted octanol–water partition coefficient (Wildman–Crippen LogP) is 8.41. The molecule has 0 aliphatic carbocycles. The van der Waals surface area contributed by atoms with Crippen molar-refractivity contribution in [3.63, 3.8) is 0 Å². The fourth-order valence-electron chi connectivity index (χ4n) is 7.28. The van der Waals surface area contributed by atoms with Crippen LogP contribution >= 0.6 is 7.37 Å². The molecule has 1 unspecified atom stereocenters. The summed E-state index contributed by atoms with van der Waals surface area (Å²) in [6, 6.07) is 26.3. The van der Waals surface area contributed by atoms with Crippen LogP contribution < -0.4 is 10.4 Å². The maximum atomic E-state index is 14.7. The average molecular weight is 700 g/mol. The smallest absolute Gasteiger partial charge is 0.305 e. The third kappa shape index (κ3) is 7.71. The Morgan fingerprint density at radius 1 is 0.980 bits per heavy atom. The lowest BCUT2D eigenvalue weighted by Gasteiger charge is -2.45. The molecule has 2 heterocycles. The van der Waals surface area contributed by atoms with E-state index in [1.165, 1.54) is 24.9 Å². The molecule has 49 heavy (non-hydrogen) atoms. The highest BCUT2D eigenvalue weighted by Crippen LogP contribution is 2.48. The average Bonchev–Trinajstić information content (AvgIpc) is 3.41. The molecule has 258 valence electrons. The summed E-state index contributed by atoms with van der Waals surface area (Å²) >= 11 is 0. The fraction of sp³-hybridized carbons (Fsp3) is 0.375. The molecule has 0 radical (unpaired) electrons. The summed E-state index contributed by atoms with van der Waals surface area (Å²) in [6.45, 7) is 11.4. The first-order chi connectivity index (χ1) is 23.3. The van der Waals surface area contributed by atoms with Gasteiger partial charge in [-0.2, -0.15) is 0 Å². The van der Waals surface area contributed by atoms with Gasteiger partial charge in [0, 0.05) is 19.3 Å². The predicted molar refractivity (Wildman–Crippen MR) is 198 cm³/mol. The second-order valence-corrected chi connectivity index (χ2v) is 20.7. The van der Waals surface area contributed by atoms with Gasteiger partial charge in [0.15, 0.2) is 0 Å². The van der Waals surface area contributed by atoms with Gasteiger partial charge >= 0.3 is 5.97 Å². The Morgan fingerprint density at radius 2 is 1.57 bits per heavy atom. The minimum Gasteiger partial charge on any atom is -0.481 e. The van der Waals surface area contributed by atoms with Gasteiger partial charge in [-0.05, 0) is 81.6 Å². The quantitative estimate of drug-likeness (QED) is 0.0967. The van der Waals surface area contributed by atoms with E-state index in [9.17, 15) is 18.9 Å². The normalized spacial score (nSPS) is 15.2. The van der Waals surface area contributed by atoms with Crippen LogP contribution in [0.2, 0.25) is 5.04 Å². The number of hydrogen-bond donors (Lipinski definition) is 1. The summed E-state index contributed by atoms with van der Waals surface area (Å²) in [4.78, 5) is 12.4. The first-order valence-electron chi connectivity index (χ1n) is 17.0. The Morgan fingerprint density at radius 3 is 2.08 bits per heavy atom. The van der Waals surface area contributed by atoms with Gasteiger partial charge in [-0.15, -0.1) is 0 Å². The molecule has 0 amide bonds. The van der Waals surface area contributed by atoms with Crippen LogP contribution in [0.1, 0.15) is 76.6 Å². The van der Waals surface area contributed by atoms with E-state index in [2.05, 4.69) is 50.8 Å². The van der Waals surface area contributed by atoms with Crippen LogP contribution in [0.25, 0.3) is 11.3 Å². The molecule has 2 atom stereocenters. The molecule has 1 aromatic heterocycles. The monoisotopic (exact) mass is 699 g/mol. The number of aromatic nitrogens is 1. The summed E-state index contributed by atoms with van der Waals surface area (Å²) in [5, 5.41) is 11.7. The van der Waals surface area contributed by atoms with Gasteiger partial charge in [0.1, 0.15) is 5.82 Å². The Hall–Kier alpha value is -3.73. The van der Waals surface area contributed by atoms with E-state index in [1.807, 2.05) is 60.7 Å². The third-order valence-electron chi connectivity index (χ3n) is 9.41. The largest absolute Gasteiger partial charge is 0.481 e. The van der Waals surface area contributed by atoms with Crippen molar-refractivity contribution >= 4 is 32.0 Å². The molecule has 3 aromatic carbocycles. The molecule has 4 aromatic rings. The van der Waals surface area contributed by atoms with E-state index in [0.29, 0.717) is 0 Å². The van der Waals surface area contributed by atoms with Gasteiger partial charge in [0.05, 0.1) is 29.9 Å². The maximum Gasteiger partial charge on any atom is 0.305 e. The van der Waals surface area contributed by atoms with Gasteiger partial charge < -0.3 is 18.6 Å². The van der Waals surface area contributed by atoms with Crippen molar-refractivity contribution in [2.75, 3.05) is 13.3 Å². The van der Waals surface area contributed by atoms with Crippen molar-refractivity contribution in [3.8, 4) is 22.8 Å². The van der Waals surface area contributed by atoms with E-state index in [1.54, 1.807) is 12.1 Å². The van der Waals surface area contributed by atoms with E-state index < -0.39 is 32.8 Å². The van der Waals surface area contributed by atoms with Crippen LogP contribution in [0, 0.1) is 17.4 Å². The minimum atomic E-state index is -3.77. The van der Waals surface area contributed by atoms with E-state index >= 15 is 0 Å². The molecule has 1 N–H and O–H groups in total. The molecule has 9 heteroatoms. The van der Waals surface area contributed by atoms with Crippen molar-refractivity contribution in [2.45, 2.75) is 83.9 Å². The number of rotatable bonds is 11. The number of carboxylic acids is 1. The maximum absolute atomic E-state index is 14.7. The Labute approximate surface area is 291 Å². The summed E-state index contributed by atoms with van der Waals surface area (Å²) in [6.07, 6.45) is 1.48. The Kier molecular flexibility index (Phi) is 11.2. The molecule has 1 aliphatic rings. The third-order valence-corrected chi connectivity index (χ3v) is 16.4. The molecular weight excluding hydrogens is 652 g/mol. The minimum absolute atomic E-state index is 0.137. The number of halogens is 1. The summed E-state index contributed by atoms with van der Waals surface area (Å²) in [5.41, 5.74) is 7.83. The van der Waals surface area contributed by atoms with Crippen LogP contribution in [0.15, 0.2) is 84.9 Å². The summed E-state index contributed by atoms with van der Waals surface area (Å²) in [7, 11) is -5.60. The molecule has 5 rings (SSSR count). The van der Waals surface area contributed by atoms with Crippen LogP contribution in [-0.4, -0.2) is 43.3 Å². The SMILES string of the molecule is COP(=O)(C#Cc1c(C(C)C)c2n(c1-c1ccc(F)cc1)CCCC2)C[C@H](CC(=O)O)O[Si](c1ccccc1)(c1ccccc1)C(C)(C)C. The van der Waals surface area contributed by atoms with Crippen LogP contribution in [-0.2, 0) is 31.3 Å². The van der Waals surface area contributed by atoms with Crippen molar-refractivity contribution in [1.29, 1.82) is 0 Å². The topological polar surface area (TPSA) is 77.8 Å². The van der Waals surface area contributed by atoms with E-state index in [-0.39, 0.29) is 24.3 Å². The standard InChI is InChI=1S/C40H47FNO5PSi/c1-29(2)38-35(39(30-20-22-31(41)23-21-30)42-25-14-13-19-36(38)42)24-26-48(45,46-6)28-32(27-37(43)44)47-49(40(3,4)5,33-15-9-7-10-16-33)34-17-11-8-12-18-34/h7-12,15-18,20-23,29,32H,13-14,19,25,27-28H2,1-6H3,(H,43,44)/t32-,48?/m0/s1. The van der Waals surface area contributed by atoms with Crippen molar-refractivity contribution in [1.82, 2.24) is 4.57 Å². The molecule has 6 nitrogen and oxygen atoms in total. The fourth-order valence-corrected chi connectivity index (χ4v) is 13.5. The van der Waals surface area contributed by atoms with E-state index in [4.69, 9.17) is 8.95 Å². The summed E-state index contributed by atoms with van der Waals surface area (Å²) < 4.78 is 43.8. The number of fused-ring (bicyclic) bond motifs is 1. The zero-order valence-corrected chi connectivity index (χ0v) is 31.2. The van der Waals surface area contributed by atoms with Crippen LogP contribution in [0.3, 0.4) is 0 Å². The molecule has 0 bridgehead atoms. The van der Waals surface area contributed by atoms with Crippen molar-refractivity contribution in [3.05, 3.63) is 108 Å². The van der Waals surface area contributed by atoms with E-state index in [0.717, 1.165) is 58.6 Å². The van der Waals surface area contributed by atoms with Gasteiger partial charge in [-0.25, -0.2) is 4.39 Å². The highest BCUT2D eigenvalue weighted by Gasteiger charge is 2.52. The molecular formula is C40H47FNO5PSi. The molecule has 0 saturated heterocycles. The zero-order chi connectivity index (χ0) is 35.4. The number of hydrogen-bond acceptors (Lipinski definition) is 4. The second kappa shape index (κ2) is 15.0. The highest BCUT2D eigenvalue weighted by molar-refractivity contribution is 7.64. The first kappa shape index (κ1) is 36.5. The number of carbonyl (C=O) groups is 1. The first-order valence-corrected chi connectivity index (χ1v) is 20.7. The highest BCUT2D eigenvalue weighted by atomic mass is 31.2. The van der Waals surface area contributed by atoms with Crippen LogP contribution in [0.5, 0.6) is 0 Å². The number of nitrogens with zero attached hydrogens (tertiary/aromatic N) is 1. The van der Waals surface area contributed by atoms with Gasteiger partial charge in [0.25, 0.3) is 15.7 Å². The zero-order valence-electron chi connectivity index (χ0n) is 29.3. The lowest BCUT2D eigenvalue weighted by atomic mass is 9.94. The second-order valence-electron chi connectivity index (χ2n) is 14.1. The van der Waals surface area contributed by atoms with Gasteiger partial charge in [0.2, 0.25) is 0 Å². The molecule has 1 aliphatic heterocycles. The number of carboxylic acid groups (broad SMARTS) is 1. The van der Waals surface area contributed by atoms with Crippen molar-refractivity contribution < 1.29 is 27.8 Å². The Balaban J connectivity index is 1.63. The van der Waals surface area contributed by atoms with Gasteiger partial charge in [-0.3, -0.25) is 9.36 Å². The molecule has 0 spiro atoms. The van der Waals surface area contributed by atoms with Gasteiger partial charge in [-0.1, -0.05) is 101 Å². The lowest BCUT2D eigenvalue weighted by Crippen LogP contribution is -2.68. The number of benzene rings is 3. The van der Waals surface area contributed by atoms with Crippen LogP contribution in [0.4, 0.5) is 4.39 Å². The molecule has 0 fully saturated rings. The molecule has 0 saturated carbocycles. The summed E-state index contributed by atoms with van der Waals surface area (Å²) in [5.74, 6) is 2.06. The lowest BCUT2D eigenvalue weighted by molar-refractivity contribution is -0.138. The Bertz CT molecular complexity index is 1830. The van der Waals surface area contributed by atoms with Crippen molar-refractivity contribution in [2.24, 2.45) is 0 Å². The number of aliphatic carboxylic acids is 1.